The van der Waals surface area contributed by atoms with Gasteiger partial charge in [0, 0.05) is 6.20 Å². The standard InChI is InChI=1S/C5H7N3.H2O4S/c6-4-2-1-3-8-5(4)7;1-5(2,3)4/h1-3H,6H2,(H2,7,8);(H2,1,2,3,4). The second-order valence-corrected chi connectivity index (χ2v) is 2.82. The first kappa shape index (κ1) is 11.6. The lowest BCUT2D eigenvalue weighted by Gasteiger charge is -1.92. The van der Waals surface area contributed by atoms with Crippen molar-refractivity contribution in [3.05, 3.63) is 18.3 Å². The molecule has 0 atom stereocenters. The van der Waals surface area contributed by atoms with Gasteiger partial charge in [0.2, 0.25) is 0 Å². The number of nitrogens with two attached hydrogens (primary N) is 2. The van der Waals surface area contributed by atoms with Crippen molar-refractivity contribution in [3.8, 4) is 0 Å². The summed E-state index contributed by atoms with van der Waals surface area (Å²) in [5, 5.41) is 0. The van der Waals surface area contributed by atoms with E-state index in [0.717, 1.165) is 0 Å². The first-order valence-corrected chi connectivity index (χ1v) is 4.36. The minimum atomic E-state index is -4.67. The average Bonchev–Trinajstić information content (AvgIpc) is 1.92. The highest BCUT2D eigenvalue weighted by Crippen LogP contribution is 2.06. The summed E-state index contributed by atoms with van der Waals surface area (Å²) < 4.78 is 31.6. The van der Waals surface area contributed by atoms with Gasteiger partial charge in [0.25, 0.3) is 0 Å². The molecular formula is C5H9N3O4S. The number of aromatic nitrogens is 1. The SMILES string of the molecule is Nc1cccnc1N.O=S(=O)(O)O. The maximum atomic E-state index is 8.74. The molecule has 7 nitrogen and oxygen atoms in total. The Morgan fingerprint density at radius 3 is 2.00 bits per heavy atom. The van der Waals surface area contributed by atoms with E-state index in [1.54, 1.807) is 18.3 Å². The van der Waals surface area contributed by atoms with Crippen LogP contribution in [-0.4, -0.2) is 22.5 Å². The molecule has 0 bridgehead atoms. The molecule has 1 aromatic rings. The molecule has 0 aliphatic rings. The Bertz CT molecular complexity index is 335. The third kappa shape index (κ3) is 8.53. The van der Waals surface area contributed by atoms with Gasteiger partial charge in [-0.25, -0.2) is 4.98 Å². The van der Waals surface area contributed by atoms with Crippen LogP contribution >= 0.6 is 0 Å². The zero-order valence-corrected chi connectivity index (χ0v) is 7.27. The molecular weight excluding hydrogens is 198 g/mol. The summed E-state index contributed by atoms with van der Waals surface area (Å²) in [4.78, 5) is 3.73. The fourth-order valence-electron chi connectivity index (χ4n) is 0.430. The summed E-state index contributed by atoms with van der Waals surface area (Å²) >= 11 is 0. The van der Waals surface area contributed by atoms with Crippen LogP contribution < -0.4 is 11.5 Å². The molecule has 0 fully saturated rings. The third-order valence-corrected chi connectivity index (χ3v) is 0.871. The molecule has 1 aromatic heterocycles. The highest BCUT2D eigenvalue weighted by Gasteiger charge is 1.87. The van der Waals surface area contributed by atoms with Crippen LogP contribution in [0.2, 0.25) is 0 Å². The summed E-state index contributed by atoms with van der Waals surface area (Å²) in [5.41, 5.74) is 11.2. The lowest BCUT2D eigenvalue weighted by molar-refractivity contribution is 0.381. The van der Waals surface area contributed by atoms with Gasteiger partial charge in [-0.15, -0.1) is 0 Å². The van der Waals surface area contributed by atoms with Gasteiger partial charge in [0.1, 0.15) is 5.82 Å². The summed E-state index contributed by atoms with van der Waals surface area (Å²) in [5.74, 6) is 0.396. The zero-order chi connectivity index (χ0) is 10.5. The molecule has 1 heterocycles. The van der Waals surface area contributed by atoms with Gasteiger partial charge >= 0.3 is 10.4 Å². The molecule has 1 rings (SSSR count). The number of nitrogens with zero attached hydrogens (tertiary/aromatic N) is 1. The van der Waals surface area contributed by atoms with E-state index < -0.39 is 10.4 Å². The molecule has 0 aliphatic carbocycles. The third-order valence-electron chi connectivity index (χ3n) is 0.871. The minimum absolute atomic E-state index is 0.396. The second-order valence-electron chi connectivity index (χ2n) is 1.93. The largest absolute Gasteiger partial charge is 0.396 e. The van der Waals surface area contributed by atoms with Gasteiger partial charge in [-0.2, -0.15) is 8.42 Å². The molecule has 13 heavy (non-hydrogen) atoms. The van der Waals surface area contributed by atoms with Crippen LogP contribution in [0.25, 0.3) is 0 Å². The van der Waals surface area contributed by atoms with Crippen LogP contribution in [0.4, 0.5) is 11.5 Å². The van der Waals surface area contributed by atoms with Crippen molar-refractivity contribution in [2.45, 2.75) is 0 Å². The van der Waals surface area contributed by atoms with Crippen molar-refractivity contribution in [1.82, 2.24) is 4.98 Å². The van der Waals surface area contributed by atoms with E-state index in [0.29, 0.717) is 11.5 Å². The Labute approximate surface area is 75.0 Å². The first-order valence-electron chi connectivity index (χ1n) is 2.96. The summed E-state index contributed by atoms with van der Waals surface area (Å²) in [6.45, 7) is 0. The van der Waals surface area contributed by atoms with Crippen LogP contribution in [0.3, 0.4) is 0 Å². The van der Waals surface area contributed by atoms with E-state index in [2.05, 4.69) is 4.98 Å². The molecule has 0 amide bonds. The molecule has 0 saturated carbocycles. The molecule has 0 radical (unpaired) electrons. The van der Waals surface area contributed by atoms with E-state index in [1.807, 2.05) is 0 Å². The zero-order valence-electron chi connectivity index (χ0n) is 6.45. The lowest BCUT2D eigenvalue weighted by atomic mass is 10.4. The highest BCUT2D eigenvalue weighted by atomic mass is 32.3. The van der Waals surface area contributed by atoms with E-state index >= 15 is 0 Å². The van der Waals surface area contributed by atoms with Crippen molar-refractivity contribution in [2.24, 2.45) is 0 Å². The first-order chi connectivity index (χ1) is 5.80. The van der Waals surface area contributed by atoms with Crippen molar-refractivity contribution in [1.29, 1.82) is 0 Å². The second kappa shape index (κ2) is 4.60. The topological polar surface area (TPSA) is 140 Å². The number of hydrogen-bond acceptors (Lipinski definition) is 5. The molecule has 0 spiro atoms. The fourth-order valence-corrected chi connectivity index (χ4v) is 0.430. The van der Waals surface area contributed by atoms with Gasteiger partial charge < -0.3 is 11.5 Å². The molecule has 0 unspecified atom stereocenters. The van der Waals surface area contributed by atoms with Gasteiger partial charge in [-0.1, -0.05) is 0 Å². The lowest BCUT2D eigenvalue weighted by Crippen LogP contribution is -1.95. The minimum Gasteiger partial charge on any atom is -0.396 e. The van der Waals surface area contributed by atoms with E-state index in [-0.39, 0.29) is 0 Å². The number of nitrogen functional groups attached to an aromatic ring is 2. The Kier molecular flexibility index (Phi) is 4.11. The number of anilines is 2. The Morgan fingerprint density at radius 2 is 1.77 bits per heavy atom. The van der Waals surface area contributed by atoms with Crippen LogP contribution in [-0.2, 0) is 10.4 Å². The van der Waals surface area contributed by atoms with Crippen LogP contribution in [0.15, 0.2) is 18.3 Å². The van der Waals surface area contributed by atoms with Crippen LogP contribution in [0.5, 0.6) is 0 Å². The van der Waals surface area contributed by atoms with Crippen molar-refractivity contribution in [3.63, 3.8) is 0 Å². The fraction of sp³-hybridized carbons (Fsp3) is 0. The number of pyridine rings is 1. The Balaban J connectivity index is 0.000000252. The van der Waals surface area contributed by atoms with Gasteiger partial charge in [-0.3, -0.25) is 9.11 Å². The Morgan fingerprint density at radius 1 is 1.31 bits per heavy atom. The van der Waals surface area contributed by atoms with Gasteiger partial charge in [-0.05, 0) is 12.1 Å². The highest BCUT2D eigenvalue weighted by molar-refractivity contribution is 7.79. The quantitative estimate of drug-likeness (QED) is 0.424. The normalized spacial score (nSPS) is 10.0. The Hall–Kier alpha value is -1.38. The predicted octanol–water partition coefficient (Wildman–Crippen LogP) is -0.407. The van der Waals surface area contributed by atoms with E-state index in [4.69, 9.17) is 29.0 Å². The molecule has 74 valence electrons. The monoisotopic (exact) mass is 207 g/mol. The number of rotatable bonds is 0. The molecule has 6 N–H and O–H groups in total. The van der Waals surface area contributed by atoms with Crippen molar-refractivity contribution in [2.75, 3.05) is 11.5 Å². The number of hydrogen-bond donors (Lipinski definition) is 4. The van der Waals surface area contributed by atoms with Gasteiger partial charge in [0.05, 0.1) is 5.69 Å². The maximum Gasteiger partial charge on any atom is 0.394 e. The van der Waals surface area contributed by atoms with Crippen molar-refractivity contribution >= 4 is 21.9 Å². The van der Waals surface area contributed by atoms with E-state index in [9.17, 15) is 0 Å². The predicted molar refractivity (Wildman–Crippen MR) is 47.2 cm³/mol. The maximum absolute atomic E-state index is 8.74. The van der Waals surface area contributed by atoms with Crippen molar-refractivity contribution < 1.29 is 17.5 Å². The van der Waals surface area contributed by atoms with Gasteiger partial charge in [0.15, 0.2) is 0 Å². The van der Waals surface area contributed by atoms with Crippen LogP contribution in [0, 0.1) is 0 Å². The van der Waals surface area contributed by atoms with Crippen LogP contribution in [0.1, 0.15) is 0 Å². The van der Waals surface area contributed by atoms with E-state index in [1.165, 1.54) is 0 Å². The molecule has 0 aromatic carbocycles. The summed E-state index contributed by atoms with van der Waals surface area (Å²) in [6, 6.07) is 3.45. The molecule has 8 heteroatoms. The molecule has 0 saturated heterocycles. The summed E-state index contributed by atoms with van der Waals surface area (Å²) in [7, 11) is -4.67. The smallest absolute Gasteiger partial charge is 0.394 e. The molecule has 0 aliphatic heterocycles. The average molecular weight is 207 g/mol. The summed E-state index contributed by atoms with van der Waals surface area (Å²) in [6.07, 6.45) is 1.60.